The zero-order valence-corrected chi connectivity index (χ0v) is 11.3. The molecule has 1 saturated carbocycles. The maximum atomic E-state index is 5.45. The van der Waals surface area contributed by atoms with E-state index in [-0.39, 0.29) is 0 Å². The van der Waals surface area contributed by atoms with Crippen LogP contribution in [0.25, 0.3) is 0 Å². The molecular formula is C15H25NO. The van der Waals surface area contributed by atoms with Crippen molar-refractivity contribution >= 4 is 0 Å². The zero-order valence-electron chi connectivity index (χ0n) is 11.3. The van der Waals surface area contributed by atoms with Gasteiger partial charge < -0.3 is 9.73 Å². The highest BCUT2D eigenvalue weighted by Crippen LogP contribution is 2.39. The number of aryl methyl sites for hydroxylation is 1. The van der Waals surface area contributed by atoms with E-state index in [0.29, 0.717) is 6.04 Å². The monoisotopic (exact) mass is 235 g/mol. The van der Waals surface area contributed by atoms with Gasteiger partial charge in [0.2, 0.25) is 0 Å². The van der Waals surface area contributed by atoms with Crippen LogP contribution in [0.15, 0.2) is 16.7 Å². The molecule has 0 amide bonds. The molecule has 1 aliphatic carbocycles. The Morgan fingerprint density at radius 3 is 2.88 bits per heavy atom. The molecule has 1 heterocycles. The van der Waals surface area contributed by atoms with E-state index in [2.05, 4.69) is 32.3 Å². The standard InChI is InChI=1S/C15H25NO/c1-4-12-6-5-7-13(10-12)15(16-3)14-8-9-17-11(14)2/h8-9,12-13,15-16H,4-7,10H2,1-3H3. The van der Waals surface area contributed by atoms with Crippen molar-refractivity contribution in [2.24, 2.45) is 11.8 Å². The summed E-state index contributed by atoms with van der Waals surface area (Å²) in [5.74, 6) is 2.77. The highest BCUT2D eigenvalue weighted by atomic mass is 16.3. The minimum absolute atomic E-state index is 0.475. The number of nitrogens with one attached hydrogen (secondary N) is 1. The lowest BCUT2D eigenvalue weighted by atomic mass is 9.75. The third-order valence-electron chi connectivity index (χ3n) is 4.42. The van der Waals surface area contributed by atoms with Crippen LogP contribution in [-0.2, 0) is 0 Å². The number of hydrogen-bond donors (Lipinski definition) is 1. The lowest BCUT2D eigenvalue weighted by molar-refractivity contribution is 0.213. The van der Waals surface area contributed by atoms with E-state index < -0.39 is 0 Å². The first-order chi connectivity index (χ1) is 8.26. The molecule has 2 heteroatoms. The molecule has 0 spiro atoms. The van der Waals surface area contributed by atoms with Gasteiger partial charge in [-0.3, -0.25) is 0 Å². The molecule has 0 bridgehead atoms. The van der Waals surface area contributed by atoms with Gasteiger partial charge in [-0.1, -0.05) is 26.2 Å². The van der Waals surface area contributed by atoms with E-state index in [1.54, 1.807) is 0 Å². The summed E-state index contributed by atoms with van der Waals surface area (Å²) in [5.41, 5.74) is 1.36. The highest BCUT2D eigenvalue weighted by Gasteiger charge is 2.29. The molecule has 17 heavy (non-hydrogen) atoms. The van der Waals surface area contributed by atoms with Crippen molar-refractivity contribution in [3.63, 3.8) is 0 Å². The van der Waals surface area contributed by atoms with Crippen LogP contribution in [0, 0.1) is 18.8 Å². The van der Waals surface area contributed by atoms with Crippen LogP contribution in [0.2, 0.25) is 0 Å². The molecule has 2 nitrogen and oxygen atoms in total. The molecule has 1 aliphatic rings. The average molecular weight is 235 g/mol. The molecule has 0 saturated heterocycles. The van der Waals surface area contributed by atoms with Crippen LogP contribution in [0.5, 0.6) is 0 Å². The Morgan fingerprint density at radius 2 is 2.29 bits per heavy atom. The smallest absolute Gasteiger partial charge is 0.105 e. The van der Waals surface area contributed by atoms with Crippen LogP contribution in [0.4, 0.5) is 0 Å². The lowest BCUT2D eigenvalue weighted by Gasteiger charge is -2.34. The van der Waals surface area contributed by atoms with Gasteiger partial charge in [-0.15, -0.1) is 0 Å². The average Bonchev–Trinajstić information content (AvgIpc) is 2.77. The molecule has 1 N–H and O–H groups in total. The predicted octanol–water partition coefficient (Wildman–Crippen LogP) is 4.06. The molecule has 3 atom stereocenters. The maximum Gasteiger partial charge on any atom is 0.105 e. The molecule has 3 unspecified atom stereocenters. The Morgan fingerprint density at radius 1 is 1.47 bits per heavy atom. The Labute approximate surface area is 105 Å². The van der Waals surface area contributed by atoms with E-state index in [9.17, 15) is 0 Å². The second-order valence-electron chi connectivity index (χ2n) is 5.40. The molecule has 0 radical (unpaired) electrons. The Kier molecular flexibility index (Phi) is 4.27. The van der Waals surface area contributed by atoms with Gasteiger partial charge in [-0.05, 0) is 44.7 Å². The minimum atomic E-state index is 0.475. The quantitative estimate of drug-likeness (QED) is 0.851. The Bertz CT molecular complexity index is 344. The van der Waals surface area contributed by atoms with Gasteiger partial charge in [-0.25, -0.2) is 0 Å². The zero-order chi connectivity index (χ0) is 12.3. The van der Waals surface area contributed by atoms with Crippen LogP contribution >= 0.6 is 0 Å². The molecule has 1 fully saturated rings. The molecule has 1 aromatic heterocycles. The second-order valence-corrected chi connectivity index (χ2v) is 5.40. The van der Waals surface area contributed by atoms with Crippen LogP contribution in [0.1, 0.15) is 56.4 Å². The Balaban J connectivity index is 2.10. The van der Waals surface area contributed by atoms with Crippen LogP contribution < -0.4 is 5.32 Å². The normalized spacial score (nSPS) is 27.0. The van der Waals surface area contributed by atoms with Crippen molar-refractivity contribution in [2.75, 3.05) is 7.05 Å². The molecular weight excluding hydrogens is 210 g/mol. The fourth-order valence-corrected chi connectivity index (χ4v) is 3.37. The molecule has 1 aromatic rings. The maximum absolute atomic E-state index is 5.45. The number of furan rings is 1. The van der Waals surface area contributed by atoms with E-state index in [1.807, 2.05) is 6.26 Å². The summed E-state index contributed by atoms with van der Waals surface area (Å²) in [6.45, 7) is 4.39. The van der Waals surface area contributed by atoms with Crippen molar-refractivity contribution in [1.29, 1.82) is 0 Å². The summed E-state index contributed by atoms with van der Waals surface area (Å²) < 4.78 is 5.45. The summed E-state index contributed by atoms with van der Waals surface area (Å²) in [6, 6.07) is 2.61. The van der Waals surface area contributed by atoms with Gasteiger partial charge in [0, 0.05) is 11.6 Å². The largest absolute Gasteiger partial charge is 0.469 e. The molecule has 96 valence electrons. The van der Waals surface area contributed by atoms with E-state index in [4.69, 9.17) is 4.42 Å². The third kappa shape index (κ3) is 2.74. The lowest BCUT2D eigenvalue weighted by Crippen LogP contribution is -2.29. The van der Waals surface area contributed by atoms with Gasteiger partial charge in [0.05, 0.1) is 6.26 Å². The fraction of sp³-hybridized carbons (Fsp3) is 0.733. The van der Waals surface area contributed by atoms with E-state index in [1.165, 1.54) is 37.7 Å². The highest BCUT2D eigenvalue weighted by molar-refractivity contribution is 5.21. The van der Waals surface area contributed by atoms with Gasteiger partial charge in [0.25, 0.3) is 0 Å². The predicted molar refractivity (Wildman–Crippen MR) is 71.0 cm³/mol. The van der Waals surface area contributed by atoms with Crippen molar-refractivity contribution in [2.45, 2.75) is 52.0 Å². The SMILES string of the molecule is CCC1CCCC(C(NC)c2ccoc2C)C1. The minimum Gasteiger partial charge on any atom is -0.469 e. The number of rotatable bonds is 4. The van der Waals surface area contributed by atoms with Crippen molar-refractivity contribution in [3.05, 3.63) is 23.7 Å². The van der Waals surface area contributed by atoms with Gasteiger partial charge in [-0.2, -0.15) is 0 Å². The van der Waals surface area contributed by atoms with Crippen molar-refractivity contribution in [1.82, 2.24) is 5.32 Å². The summed E-state index contributed by atoms with van der Waals surface area (Å²) in [7, 11) is 2.08. The van der Waals surface area contributed by atoms with Gasteiger partial charge in [0.15, 0.2) is 0 Å². The van der Waals surface area contributed by atoms with Crippen molar-refractivity contribution < 1.29 is 4.42 Å². The first kappa shape index (κ1) is 12.7. The van der Waals surface area contributed by atoms with E-state index >= 15 is 0 Å². The first-order valence-corrected chi connectivity index (χ1v) is 6.97. The van der Waals surface area contributed by atoms with Gasteiger partial charge >= 0.3 is 0 Å². The summed E-state index contributed by atoms with van der Waals surface area (Å²) in [6.07, 6.45) is 8.68. The van der Waals surface area contributed by atoms with Crippen LogP contribution in [-0.4, -0.2) is 7.05 Å². The molecule has 0 aliphatic heterocycles. The third-order valence-corrected chi connectivity index (χ3v) is 4.42. The summed E-state index contributed by atoms with van der Waals surface area (Å²) >= 11 is 0. The Hall–Kier alpha value is -0.760. The second kappa shape index (κ2) is 5.72. The van der Waals surface area contributed by atoms with Gasteiger partial charge in [0.1, 0.15) is 5.76 Å². The summed E-state index contributed by atoms with van der Waals surface area (Å²) in [5, 5.41) is 3.50. The van der Waals surface area contributed by atoms with Crippen molar-refractivity contribution in [3.8, 4) is 0 Å². The topological polar surface area (TPSA) is 25.2 Å². The number of hydrogen-bond acceptors (Lipinski definition) is 2. The molecule has 2 rings (SSSR count). The first-order valence-electron chi connectivity index (χ1n) is 6.97. The van der Waals surface area contributed by atoms with E-state index in [0.717, 1.165) is 17.6 Å². The molecule has 0 aromatic carbocycles. The fourth-order valence-electron chi connectivity index (χ4n) is 3.37. The summed E-state index contributed by atoms with van der Waals surface area (Å²) in [4.78, 5) is 0. The van der Waals surface area contributed by atoms with Crippen LogP contribution in [0.3, 0.4) is 0 Å².